The van der Waals surface area contributed by atoms with E-state index >= 15 is 0 Å². The molecule has 1 N–H and O–H groups in total. The molecule has 1 saturated heterocycles. The van der Waals surface area contributed by atoms with Crippen LogP contribution in [0, 0.1) is 6.92 Å². The van der Waals surface area contributed by atoms with Crippen LogP contribution < -0.4 is 5.32 Å². The lowest BCUT2D eigenvalue weighted by Gasteiger charge is -2.35. The number of nitrogens with zero attached hydrogens (tertiary/aromatic N) is 2. The molecule has 0 saturated carbocycles. The van der Waals surface area contributed by atoms with Crippen LogP contribution in [0.1, 0.15) is 37.1 Å². The van der Waals surface area contributed by atoms with E-state index in [0.29, 0.717) is 0 Å². The van der Waals surface area contributed by atoms with E-state index in [0.717, 1.165) is 24.8 Å². The highest BCUT2D eigenvalue weighted by atomic mass is 15.2. The summed E-state index contributed by atoms with van der Waals surface area (Å²) in [6.45, 7) is 5.42. The molecule has 3 nitrogen and oxygen atoms in total. The number of pyridine rings is 1. The van der Waals surface area contributed by atoms with Gasteiger partial charge in [0.15, 0.2) is 0 Å². The van der Waals surface area contributed by atoms with E-state index in [-0.39, 0.29) is 0 Å². The molecule has 2 heterocycles. The van der Waals surface area contributed by atoms with E-state index in [1.54, 1.807) is 0 Å². The lowest BCUT2D eigenvalue weighted by Crippen LogP contribution is -2.40. The van der Waals surface area contributed by atoms with Crippen LogP contribution >= 0.6 is 0 Å². The summed E-state index contributed by atoms with van der Waals surface area (Å²) in [6, 6.07) is 7.06. The fourth-order valence-corrected chi connectivity index (χ4v) is 2.80. The number of piperidine rings is 1. The number of aryl methyl sites for hydroxylation is 1. The summed E-state index contributed by atoms with van der Waals surface area (Å²) in [5.41, 5.74) is 2.34. The third kappa shape index (κ3) is 3.79. The lowest BCUT2D eigenvalue weighted by molar-refractivity contribution is 0.131. The third-order valence-electron chi connectivity index (χ3n) is 3.79. The summed E-state index contributed by atoms with van der Waals surface area (Å²) in [7, 11) is 2.04. The minimum atomic E-state index is 0.730. The highest BCUT2D eigenvalue weighted by Gasteiger charge is 2.22. The molecule has 0 aromatic carbocycles. The summed E-state index contributed by atoms with van der Waals surface area (Å²) in [5, 5.41) is 3.27. The molecule has 0 spiro atoms. The van der Waals surface area contributed by atoms with Crippen molar-refractivity contribution in [2.45, 2.75) is 45.2 Å². The molecular formula is C15H25N3. The number of nitrogens with one attached hydrogen (secondary N) is 1. The minimum absolute atomic E-state index is 0.730. The second-order valence-corrected chi connectivity index (χ2v) is 5.28. The van der Waals surface area contributed by atoms with Gasteiger partial charge in [0.05, 0.1) is 5.69 Å². The van der Waals surface area contributed by atoms with Gasteiger partial charge in [-0.3, -0.25) is 9.88 Å². The van der Waals surface area contributed by atoms with E-state index in [1.165, 1.54) is 37.9 Å². The Kier molecular flexibility index (Phi) is 5.14. The Labute approximate surface area is 111 Å². The molecule has 0 aliphatic carbocycles. The lowest BCUT2D eigenvalue weighted by atomic mass is 9.99. The first kappa shape index (κ1) is 13.5. The monoisotopic (exact) mass is 247 g/mol. The topological polar surface area (TPSA) is 28.2 Å². The van der Waals surface area contributed by atoms with Gasteiger partial charge in [0, 0.05) is 18.3 Å². The molecule has 1 atom stereocenters. The summed E-state index contributed by atoms with van der Waals surface area (Å²) >= 11 is 0. The van der Waals surface area contributed by atoms with Gasteiger partial charge in [-0.1, -0.05) is 12.5 Å². The quantitative estimate of drug-likeness (QED) is 0.865. The van der Waals surface area contributed by atoms with E-state index < -0.39 is 0 Å². The van der Waals surface area contributed by atoms with Gasteiger partial charge in [-0.2, -0.15) is 0 Å². The summed E-state index contributed by atoms with van der Waals surface area (Å²) < 4.78 is 0. The normalized spacial score (nSPS) is 21.1. The van der Waals surface area contributed by atoms with Crippen LogP contribution in [-0.4, -0.2) is 36.1 Å². The van der Waals surface area contributed by atoms with Crippen molar-refractivity contribution in [2.24, 2.45) is 0 Å². The molecule has 0 radical (unpaired) electrons. The smallest absolute Gasteiger partial charge is 0.0547 e. The fourth-order valence-electron chi connectivity index (χ4n) is 2.80. The van der Waals surface area contributed by atoms with E-state index in [1.807, 2.05) is 7.05 Å². The molecule has 18 heavy (non-hydrogen) atoms. The Balaban J connectivity index is 1.96. The standard InChI is InChI=1S/C15H25N3/c1-13-6-5-7-14(17-13)12-18-11-4-3-8-15(18)9-10-16-2/h5-7,15-16H,3-4,8-12H2,1-2H3. The Morgan fingerprint density at radius 3 is 3.06 bits per heavy atom. The van der Waals surface area contributed by atoms with Gasteiger partial charge in [-0.05, 0) is 58.5 Å². The highest BCUT2D eigenvalue weighted by Crippen LogP contribution is 2.21. The molecule has 3 heteroatoms. The van der Waals surface area contributed by atoms with Gasteiger partial charge in [-0.15, -0.1) is 0 Å². The minimum Gasteiger partial charge on any atom is -0.320 e. The maximum absolute atomic E-state index is 4.62. The number of hydrogen-bond acceptors (Lipinski definition) is 3. The Morgan fingerprint density at radius 2 is 2.28 bits per heavy atom. The predicted molar refractivity (Wildman–Crippen MR) is 75.6 cm³/mol. The largest absolute Gasteiger partial charge is 0.320 e. The molecule has 1 aromatic rings. The molecule has 1 aliphatic rings. The molecule has 1 fully saturated rings. The zero-order valence-electron chi connectivity index (χ0n) is 11.7. The van der Waals surface area contributed by atoms with Gasteiger partial charge in [0.1, 0.15) is 0 Å². The van der Waals surface area contributed by atoms with Gasteiger partial charge in [0.2, 0.25) is 0 Å². The molecule has 2 rings (SSSR count). The molecule has 0 bridgehead atoms. The van der Waals surface area contributed by atoms with Crippen molar-refractivity contribution in [2.75, 3.05) is 20.1 Å². The first-order valence-electron chi connectivity index (χ1n) is 7.11. The maximum Gasteiger partial charge on any atom is 0.0547 e. The number of hydrogen-bond donors (Lipinski definition) is 1. The number of likely N-dealkylation sites (tertiary alicyclic amines) is 1. The van der Waals surface area contributed by atoms with Crippen LogP contribution in [0.4, 0.5) is 0 Å². The van der Waals surface area contributed by atoms with Crippen molar-refractivity contribution in [3.8, 4) is 0 Å². The van der Waals surface area contributed by atoms with Crippen LogP contribution in [0.5, 0.6) is 0 Å². The number of aromatic nitrogens is 1. The zero-order valence-corrected chi connectivity index (χ0v) is 11.7. The Morgan fingerprint density at radius 1 is 1.39 bits per heavy atom. The van der Waals surface area contributed by atoms with E-state index in [4.69, 9.17) is 0 Å². The van der Waals surface area contributed by atoms with Gasteiger partial charge in [-0.25, -0.2) is 0 Å². The van der Waals surface area contributed by atoms with E-state index in [9.17, 15) is 0 Å². The maximum atomic E-state index is 4.62. The molecule has 100 valence electrons. The van der Waals surface area contributed by atoms with Crippen LogP contribution in [0.3, 0.4) is 0 Å². The van der Waals surface area contributed by atoms with Crippen molar-refractivity contribution in [3.63, 3.8) is 0 Å². The first-order valence-corrected chi connectivity index (χ1v) is 7.11. The average Bonchev–Trinajstić information content (AvgIpc) is 2.38. The fraction of sp³-hybridized carbons (Fsp3) is 0.667. The first-order chi connectivity index (χ1) is 8.79. The van der Waals surface area contributed by atoms with Crippen molar-refractivity contribution >= 4 is 0 Å². The third-order valence-corrected chi connectivity index (χ3v) is 3.79. The van der Waals surface area contributed by atoms with Crippen molar-refractivity contribution in [1.82, 2.24) is 15.2 Å². The molecule has 1 aliphatic heterocycles. The second kappa shape index (κ2) is 6.86. The van der Waals surface area contributed by atoms with Crippen molar-refractivity contribution < 1.29 is 0 Å². The Hall–Kier alpha value is -0.930. The van der Waals surface area contributed by atoms with Gasteiger partial charge in [0.25, 0.3) is 0 Å². The van der Waals surface area contributed by atoms with Crippen LogP contribution in [0.15, 0.2) is 18.2 Å². The predicted octanol–water partition coefficient (Wildman–Crippen LogP) is 2.35. The van der Waals surface area contributed by atoms with Gasteiger partial charge < -0.3 is 5.32 Å². The molecule has 1 aromatic heterocycles. The SMILES string of the molecule is CNCCC1CCCCN1Cc1cccc(C)n1. The molecule has 1 unspecified atom stereocenters. The van der Waals surface area contributed by atoms with E-state index in [2.05, 4.69) is 40.3 Å². The summed E-state index contributed by atoms with van der Waals surface area (Å²) in [4.78, 5) is 7.24. The van der Waals surface area contributed by atoms with Gasteiger partial charge >= 0.3 is 0 Å². The van der Waals surface area contributed by atoms with Crippen LogP contribution in [0.2, 0.25) is 0 Å². The van der Waals surface area contributed by atoms with Crippen LogP contribution in [-0.2, 0) is 6.54 Å². The molecule has 0 amide bonds. The Bertz CT molecular complexity index is 365. The summed E-state index contributed by atoms with van der Waals surface area (Å²) in [6.07, 6.45) is 5.31. The van der Waals surface area contributed by atoms with Crippen molar-refractivity contribution in [1.29, 1.82) is 0 Å². The van der Waals surface area contributed by atoms with Crippen molar-refractivity contribution in [3.05, 3.63) is 29.6 Å². The average molecular weight is 247 g/mol. The second-order valence-electron chi connectivity index (χ2n) is 5.28. The zero-order chi connectivity index (χ0) is 12.8. The highest BCUT2D eigenvalue weighted by molar-refractivity contribution is 5.10. The van der Waals surface area contributed by atoms with Crippen LogP contribution in [0.25, 0.3) is 0 Å². The summed E-state index contributed by atoms with van der Waals surface area (Å²) in [5.74, 6) is 0. The number of rotatable bonds is 5. The molecular weight excluding hydrogens is 222 g/mol.